The number of nitrogens with zero attached hydrogens (tertiary/aromatic N) is 2. The van der Waals surface area contributed by atoms with Gasteiger partial charge in [-0.25, -0.2) is 4.79 Å². The number of rotatable bonds is 1. The molecular formula is C15H17ClN2O2S. The van der Waals surface area contributed by atoms with Crippen molar-refractivity contribution >= 4 is 40.6 Å². The highest BCUT2D eigenvalue weighted by molar-refractivity contribution is 7.80. The third-order valence-electron chi connectivity index (χ3n) is 2.90. The molecule has 0 saturated heterocycles. The number of hydrazone groups is 1. The normalized spacial score (nSPS) is 18.7. The third kappa shape index (κ3) is 3.60. The van der Waals surface area contributed by atoms with E-state index in [0.29, 0.717) is 10.0 Å². The molecule has 1 aromatic carbocycles. The van der Waals surface area contributed by atoms with Crippen LogP contribution in [-0.2, 0) is 4.74 Å². The molecule has 0 spiro atoms. The highest BCUT2D eigenvalue weighted by Gasteiger charge is 2.35. The van der Waals surface area contributed by atoms with Crippen molar-refractivity contribution in [3.05, 3.63) is 34.9 Å². The minimum Gasteiger partial charge on any atom is -0.442 e. The molecule has 1 unspecified atom stereocenters. The lowest BCUT2D eigenvalue weighted by Gasteiger charge is -2.22. The van der Waals surface area contributed by atoms with Crippen LogP contribution in [0.1, 0.15) is 33.3 Å². The largest absolute Gasteiger partial charge is 0.442 e. The van der Waals surface area contributed by atoms with E-state index in [9.17, 15) is 4.79 Å². The zero-order chi connectivity index (χ0) is 15.8. The fourth-order valence-electron chi connectivity index (χ4n) is 1.91. The van der Waals surface area contributed by atoms with E-state index in [4.69, 9.17) is 28.6 Å². The first-order valence-electron chi connectivity index (χ1n) is 6.60. The summed E-state index contributed by atoms with van der Waals surface area (Å²) in [5, 5.41) is 6.14. The zero-order valence-electron chi connectivity index (χ0n) is 12.4. The van der Waals surface area contributed by atoms with Crippen LogP contribution in [0.5, 0.6) is 0 Å². The topological polar surface area (TPSA) is 41.9 Å². The molecule has 1 aromatic rings. The van der Waals surface area contributed by atoms with Crippen LogP contribution in [-0.4, -0.2) is 27.4 Å². The molecule has 21 heavy (non-hydrogen) atoms. The van der Waals surface area contributed by atoms with Crippen LogP contribution in [0.15, 0.2) is 29.4 Å². The first-order chi connectivity index (χ1) is 9.69. The summed E-state index contributed by atoms with van der Waals surface area (Å²) in [6.45, 7) is 7.33. The van der Waals surface area contributed by atoms with Crippen molar-refractivity contribution in [2.24, 2.45) is 11.0 Å². The van der Waals surface area contributed by atoms with Crippen molar-refractivity contribution in [3.8, 4) is 0 Å². The van der Waals surface area contributed by atoms with Gasteiger partial charge in [-0.05, 0) is 38.5 Å². The monoisotopic (exact) mass is 324 g/mol. The molecular weight excluding hydrogens is 308 g/mol. The Morgan fingerprint density at radius 1 is 1.33 bits per heavy atom. The summed E-state index contributed by atoms with van der Waals surface area (Å²) in [4.78, 5) is 12.6. The average molecular weight is 325 g/mol. The molecule has 112 valence electrons. The molecule has 1 aliphatic rings. The number of ether oxygens (including phenoxy) is 1. The summed E-state index contributed by atoms with van der Waals surface area (Å²) in [7, 11) is 0. The van der Waals surface area contributed by atoms with Gasteiger partial charge in [0, 0.05) is 5.02 Å². The molecule has 1 atom stereocenters. The summed E-state index contributed by atoms with van der Waals surface area (Å²) in [6.07, 6.45) is -0.552. The fourth-order valence-corrected chi connectivity index (χ4v) is 2.26. The van der Waals surface area contributed by atoms with Crippen LogP contribution in [0.2, 0.25) is 5.02 Å². The predicted molar refractivity (Wildman–Crippen MR) is 87.8 cm³/mol. The Bertz CT molecular complexity index is 605. The van der Waals surface area contributed by atoms with Gasteiger partial charge in [-0.2, -0.15) is 10.1 Å². The van der Waals surface area contributed by atoms with Gasteiger partial charge in [0.05, 0.1) is 11.6 Å². The number of hydrogen-bond donors (Lipinski definition) is 0. The Kier molecular flexibility index (Phi) is 4.35. The molecule has 1 aliphatic heterocycles. The predicted octanol–water partition coefficient (Wildman–Crippen LogP) is 4.26. The van der Waals surface area contributed by atoms with Gasteiger partial charge < -0.3 is 4.74 Å². The van der Waals surface area contributed by atoms with Gasteiger partial charge in [0.1, 0.15) is 10.6 Å². The molecule has 0 fully saturated rings. The highest BCUT2D eigenvalue weighted by Crippen LogP contribution is 2.24. The van der Waals surface area contributed by atoms with Crippen LogP contribution in [0.3, 0.4) is 0 Å². The molecule has 1 heterocycles. The van der Waals surface area contributed by atoms with Crippen LogP contribution in [0.4, 0.5) is 4.79 Å². The van der Waals surface area contributed by atoms with Crippen molar-refractivity contribution in [1.29, 1.82) is 0 Å². The molecule has 0 aromatic heterocycles. The first kappa shape index (κ1) is 15.9. The fraction of sp³-hybridized carbons (Fsp3) is 0.400. The molecule has 1 amide bonds. The maximum atomic E-state index is 12.1. The van der Waals surface area contributed by atoms with Crippen LogP contribution < -0.4 is 0 Å². The minimum absolute atomic E-state index is 0.131. The lowest BCUT2D eigenvalue weighted by Crippen LogP contribution is -2.35. The SMILES string of the molecule is CC1C(=S)N(C(=O)OC(C)(C)C)N=C1c1ccc(Cl)cc1. The van der Waals surface area contributed by atoms with Gasteiger partial charge in [0.2, 0.25) is 0 Å². The van der Waals surface area contributed by atoms with E-state index in [0.717, 1.165) is 16.3 Å². The summed E-state index contributed by atoms with van der Waals surface area (Å²) in [6, 6.07) is 7.29. The summed E-state index contributed by atoms with van der Waals surface area (Å²) >= 11 is 11.2. The Labute approximate surface area is 134 Å². The zero-order valence-corrected chi connectivity index (χ0v) is 14.0. The lowest BCUT2D eigenvalue weighted by atomic mass is 9.99. The highest BCUT2D eigenvalue weighted by atomic mass is 35.5. The van der Waals surface area contributed by atoms with Crippen LogP contribution in [0, 0.1) is 5.92 Å². The number of carbonyl (C=O) groups is 1. The van der Waals surface area contributed by atoms with Gasteiger partial charge in [0.25, 0.3) is 0 Å². The van der Waals surface area contributed by atoms with E-state index in [-0.39, 0.29) is 5.92 Å². The standard InChI is InChI=1S/C15H17ClN2O2S/c1-9-12(10-5-7-11(16)8-6-10)17-18(13(9)21)14(19)20-15(2,3)4/h5-9H,1-4H3. The van der Waals surface area contributed by atoms with Gasteiger partial charge >= 0.3 is 6.09 Å². The van der Waals surface area contributed by atoms with Crippen LogP contribution >= 0.6 is 23.8 Å². The number of carbonyl (C=O) groups excluding carboxylic acids is 1. The quantitative estimate of drug-likeness (QED) is 0.725. The summed E-state index contributed by atoms with van der Waals surface area (Å²) < 4.78 is 5.31. The molecule has 2 rings (SSSR count). The second-order valence-electron chi connectivity index (χ2n) is 5.84. The van der Waals surface area contributed by atoms with E-state index in [1.807, 2.05) is 19.1 Å². The number of halogens is 1. The van der Waals surface area contributed by atoms with Gasteiger partial charge in [0.15, 0.2) is 0 Å². The van der Waals surface area contributed by atoms with Crippen molar-refractivity contribution < 1.29 is 9.53 Å². The smallest absolute Gasteiger partial charge is 0.436 e. The first-order valence-corrected chi connectivity index (χ1v) is 7.39. The van der Waals surface area contributed by atoms with Crippen molar-refractivity contribution in [3.63, 3.8) is 0 Å². The van der Waals surface area contributed by atoms with E-state index in [2.05, 4.69) is 5.10 Å². The summed E-state index contributed by atoms with van der Waals surface area (Å²) in [5.74, 6) is -0.131. The molecule has 0 bridgehead atoms. The number of benzene rings is 1. The Morgan fingerprint density at radius 3 is 2.43 bits per heavy atom. The molecule has 6 heteroatoms. The number of thiocarbonyl (C=S) groups is 1. The maximum Gasteiger partial charge on any atom is 0.436 e. The molecule has 0 aliphatic carbocycles. The third-order valence-corrected chi connectivity index (χ3v) is 3.68. The van der Waals surface area contributed by atoms with Crippen molar-refractivity contribution in [2.45, 2.75) is 33.3 Å². The van der Waals surface area contributed by atoms with Gasteiger partial charge in [-0.15, -0.1) is 0 Å². The molecule has 0 N–H and O–H groups in total. The van der Waals surface area contributed by atoms with E-state index in [1.54, 1.807) is 32.9 Å². The molecule has 0 radical (unpaired) electrons. The summed E-state index contributed by atoms with van der Waals surface area (Å²) in [5.41, 5.74) is 1.04. The van der Waals surface area contributed by atoms with E-state index < -0.39 is 11.7 Å². The number of amides is 1. The van der Waals surface area contributed by atoms with Gasteiger partial charge in [-0.1, -0.05) is 42.9 Å². The second kappa shape index (κ2) is 5.73. The van der Waals surface area contributed by atoms with Crippen molar-refractivity contribution in [1.82, 2.24) is 5.01 Å². The van der Waals surface area contributed by atoms with Crippen LogP contribution in [0.25, 0.3) is 0 Å². The van der Waals surface area contributed by atoms with E-state index in [1.165, 1.54) is 0 Å². The van der Waals surface area contributed by atoms with Crippen molar-refractivity contribution in [2.75, 3.05) is 0 Å². The Hall–Kier alpha value is -1.46. The molecule has 4 nitrogen and oxygen atoms in total. The second-order valence-corrected chi connectivity index (χ2v) is 6.70. The maximum absolute atomic E-state index is 12.1. The average Bonchev–Trinajstić information content (AvgIpc) is 2.66. The number of hydrogen-bond acceptors (Lipinski definition) is 4. The Balaban J connectivity index is 2.27. The van der Waals surface area contributed by atoms with E-state index >= 15 is 0 Å². The minimum atomic E-state index is -0.589. The molecule has 0 saturated carbocycles. The lowest BCUT2D eigenvalue weighted by molar-refractivity contribution is 0.0379. The Morgan fingerprint density at radius 2 is 1.90 bits per heavy atom. The van der Waals surface area contributed by atoms with Gasteiger partial charge in [-0.3, -0.25) is 0 Å².